The Morgan fingerprint density at radius 3 is 2.90 bits per heavy atom. The van der Waals surface area contributed by atoms with Crippen molar-refractivity contribution >= 4 is 50.0 Å². The number of anilines is 1. The quantitative estimate of drug-likeness (QED) is 0.749. The number of nitrogens with zero attached hydrogens (tertiary/aromatic N) is 3. The molecular weight excluding hydrogens is 304 g/mol. The molecule has 106 valence electrons. The Balaban J connectivity index is 1.68. The van der Waals surface area contributed by atoms with Gasteiger partial charge in [-0.25, -0.2) is 4.98 Å². The molecule has 0 saturated heterocycles. The summed E-state index contributed by atoms with van der Waals surface area (Å²) in [7, 11) is 0. The number of benzene rings is 1. The first-order valence-corrected chi connectivity index (χ1v) is 8.05. The van der Waals surface area contributed by atoms with Crippen LogP contribution in [0.2, 0.25) is 0 Å². The Kier molecular flexibility index (Phi) is 4.03. The molecular formula is C14H12N4OS2. The standard InChI is InChI=1S/C14H12N4OS2/c1-2-12-17-18-14(21-12)16-11(19)7-8-13-15-9-5-3-4-6-10(9)20-13/h3-8H,2H2,1H3,(H,16,18,19)/b8-7+. The van der Waals surface area contributed by atoms with E-state index in [2.05, 4.69) is 20.5 Å². The van der Waals surface area contributed by atoms with Crippen molar-refractivity contribution in [3.05, 3.63) is 40.4 Å². The molecule has 0 aliphatic carbocycles. The van der Waals surface area contributed by atoms with Gasteiger partial charge in [0.1, 0.15) is 10.0 Å². The number of nitrogens with one attached hydrogen (secondary N) is 1. The average Bonchev–Trinajstić information content (AvgIpc) is 3.10. The van der Waals surface area contributed by atoms with Gasteiger partial charge in [0, 0.05) is 6.08 Å². The number of rotatable bonds is 4. The van der Waals surface area contributed by atoms with Crippen LogP contribution in [0.15, 0.2) is 30.3 Å². The molecule has 0 bridgehead atoms. The lowest BCUT2D eigenvalue weighted by Gasteiger charge is -1.93. The molecule has 0 radical (unpaired) electrons. The molecule has 0 aliphatic heterocycles. The minimum absolute atomic E-state index is 0.229. The van der Waals surface area contributed by atoms with Gasteiger partial charge >= 0.3 is 0 Å². The predicted octanol–water partition coefficient (Wildman–Crippen LogP) is 3.36. The molecule has 0 atom stereocenters. The van der Waals surface area contributed by atoms with Gasteiger partial charge in [-0.2, -0.15) is 0 Å². The number of carbonyl (C=O) groups excluding carboxylic acids is 1. The summed E-state index contributed by atoms with van der Waals surface area (Å²) in [6.45, 7) is 2.00. The molecule has 0 saturated carbocycles. The lowest BCUT2D eigenvalue weighted by atomic mass is 10.3. The zero-order valence-electron chi connectivity index (χ0n) is 11.2. The average molecular weight is 316 g/mol. The smallest absolute Gasteiger partial charge is 0.250 e. The van der Waals surface area contributed by atoms with Gasteiger partial charge in [0.15, 0.2) is 0 Å². The topological polar surface area (TPSA) is 67.8 Å². The molecule has 0 aliphatic rings. The second kappa shape index (κ2) is 6.11. The lowest BCUT2D eigenvalue weighted by Crippen LogP contribution is -2.07. The van der Waals surface area contributed by atoms with E-state index in [9.17, 15) is 4.79 Å². The molecule has 3 aromatic rings. The molecule has 1 N–H and O–H groups in total. The monoisotopic (exact) mass is 316 g/mol. The molecule has 0 fully saturated rings. The second-order valence-corrected chi connectivity index (χ2v) is 6.32. The summed E-state index contributed by atoms with van der Waals surface area (Å²) in [6.07, 6.45) is 3.99. The first-order valence-electron chi connectivity index (χ1n) is 6.41. The van der Waals surface area contributed by atoms with Crippen LogP contribution < -0.4 is 5.32 Å². The van der Waals surface area contributed by atoms with Gasteiger partial charge < -0.3 is 0 Å². The number of amides is 1. The maximum absolute atomic E-state index is 11.8. The third-order valence-electron chi connectivity index (χ3n) is 2.69. The Morgan fingerprint density at radius 1 is 1.29 bits per heavy atom. The molecule has 7 heteroatoms. The van der Waals surface area contributed by atoms with Crippen molar-refractivity contribution < 1.29 is 4.79 Å². The number of fused-ring (bicyclic) bond motifs is 1. The summed E-state index contributed by atoms with van der Waals surface area (Å²) in [5.74, 6) is -0.229. The van der Waals surface area contributed by atoms with E-state index >= 15 is 0 Å². The van der Waals surface area contributed by atoms with Gasteiger partial charge in [0.2, 0.25) is 11.0 Å². The number of aromatic nitrogens is 3. The van der Waals surface area contributed by atoms with Crippen molar-refractivity contribution in [3.8, 4) is 0 Å². The van der Waals surface area contributed by atoms with Crippen molar-refractivity contribution in [2.75, 3.05) is 5.32 Å². The first kappa shape index (κ1) is 13.8. The molecule has 21 heavy (non-hydrogen) atoms. The third kappa shape index (κ3) is 3.32. The molecule has 1 amide bonds. The van der Waals surface area contributed by atoms with Crippen LogP contribution in [-0.2, 0) is 11.2 Å². The highest BCUT2D eigenvalue weighted by Crippen LogP contribution is 2.22. The van der Waals surface area contributed by atoms with Crippen LogP contribution in [0.25, 0.3) is 16.3 Å². The van der Waals surface area contributed by atoms with Gasteiger partial charge in [-0.05, 0) is 24.6 Å². The fraction of sp³-hybridized carbons (Fsp3) is 0.143. The van der Waals surface area contributed by atoms with Crippen LogP contribution in [0.3, 0.4) is 0 Å². The van der Waals surface area contributed by atoms with E-state index in [1.165, 1.54) is 17.4 Å². The number of hydrogen-bond donors (Lipinski definition) is 1. The molecule has 1 aromatic carbocycles. The maximum Gasteiger partial charge on any atom is 0.250 e. The van der Waals surface area contributed by atoms with Gasteiger partial charge in [-0.3, -0.25) is 10.1 Å². The van der Waals surface area contributed by atoms with Crippen LogP contribution in [0, 0.1) is 0 Å². The number of hydrogen-bond acceptors (Lipinski definition) is 6. The SMILES string of the molecule is CCc1nnc(NC(=O)/C=C/c2nc3ccccc3s2)s1. The number of carbonyl (C=O) groups is 1. The lowest BCUT2D eigenvalue weighted by molar-refractivity contribution is -0.111. The minimum Gasteiger partial charge on any atom is -0.297 e. The van der Waals surface area contributed by atoms with Crippen molar-refractivity contribution in [1.82, 2.24) is 15.2 Å². The van der Waals surface area contributed by atoms with Gasteiger partial charge in [0.25, 0.3) is 0 Å². The third-order valence-corrected chi connectivity index (χ3v) is 4.67. The Bertz CT molecular complexity index is 773. The zero-order chi connectivity index (χ0) is 14.7. The summed E-state index contributed by atoms with van der Waals surface area (Å²) >= 11 is 2.94. The Labute approximate surface area is 129 Å². The van der Waals surface area contributed by atoms with Crippen molar-refractivity contribution in [2.24, 2.45) is 0 Å². The fourth-order valence-electron chi connectivity index (χ4n) is 1.70. The number of aryl methyl sites for hydroxylation is 1. The van der Waals surface area contributed by atoms with E-state index in [0.29, 0.717) is 5.13 Å². The highest BCUT2D eigenvalue weighted by atomic mass is 32.1. The molecule has 0 unspecified atom stereocenters. The normalized spacial score (nSPS) is 11.3. The maximum atomic E-state index is 11.8. The fourth-order valence-corrected chi connectivity index (χ4v) is 3.26. The number of thiazole rings is 1. The number of para-hydroxylation sites is 1. The van der Waals surface area contributed by atoms with E-state index < -0.39 is 0 Å². The largest absolute Gasteiger partial charge is 0.297 e. The Morgan fingerprint density at radius 2 is 2.14 bits per heavy atom. The minimum atomic E-state index is -0.229. The van der Waals surface area contributed by atoms with Crippen LogP contribution in [-0.4, -0.2) is 21.1 Å². The summed E-state index contributed by atoms with van der Waals surface area (Å²) < 4.78 is 1.11. The molecule has 2 heterocycles. The van der Waals surface area contributed by atoms with Crippen LogP contribution in [0.4, 0.5) is 5.13 Å². The first-order chi connectivity index (χ1) is 10.2. The second-order valence-electron chi connectivity index (χ2n) is 4.20. The highest BCUT2D eigenvalue weighted by molar-refractivity contribution is 7.19. The van der Waals surface area contributed by atoms with Gasteiger partial charge in [-0.15, -0.1) is 21.5 Å². The van der Waals surface area contributed by atoms with E-state index in [1.807, 2.05) is 31.2 Å². The molecule has 3 rings (SSSR count). The molecule has 0 spiro atoms. The van der Waals surface area contributed by atoms with E-state index in [0.717, 1.165) is 26.7 Å². The molecule has 5 nitrogen and oxygen atoms in total. The predicted molar refractivity (Wildman–Crippen MR) is 86.6 cm³/mol. The highest BCUT2D eigenvalue weighted by Gasteiger charge is 2.05. The van der Waals surface area contributed by atoms with Gasteiger partial charge in [0.05, 0.1) is 10.2 Å². The summed E-state index contributed by atoms with van der Waals surface area (Å²) in [6, 6.07) is 7.89. The van der Waals surface area contributed by atoms with Crippen molar-refractivity contribution in [3.63, 3.8) is 0 Å². The van der Waals surface area contributed by atoms with E-state index in [-0.39, 0.29) is 5.91 Å². The van der Waals surface area contributed by atoms with Crippen LogP contribution in [0.1, 0.15) is 16.9 Å². The van der Waals surface area contributed by atoms with Crippen molar-refractivity contribution in [1.29, 1.82) is 0 Å². The summed E-state index contributed by atoms with van der Waals surface area (Å²) in [5.41, 5.74) is 0.944. The van der Waals surface area contributed by atoms with Crippen LogP contribution >= 0.6 is 22.7 Å². The summed E-state index contributed by atoms with van der Waals surface area (Å²) in [4.78, 5) is 16.3. The zero-order valence-corrected chi connectivity index (χ0v) is 12.9. The van der Waals surface area contributed by atoms with E-state index in [4.69, 9.17) is 0 Å². The van der Waals surface area contributed by atoms with Crippen LogP contribution in [0.5, 0.6) is 0 Å². The van der Waals surface area contributed by atoms with E-state index in [1.54, 1.807) is 17.4 Å². The summed E-state index contributed by atoms with van der Waals surface area (Å²) in [5, 5.41) is 12.8. The van der Waals surface area contributed by atoms with Crippen molar-refractivity contribution in [2.45, 2.75) is 13.3 Å². The van der Waals surface area contributed by atoms with Gasteiger partial charge in [-0.1, -0.05) is 30.4 Å². The Hall–Kier alpha value is -2.12. The molecule has 2 aromatic heterocycles.